The lowest BCUT2D eigenvalue weighted by Crippen LogP contribution is -2.24. The zero-order valence-electron chi connectivity index (χ0n) is 6.31. The smallest absolute Gasteiger partial charge is 0.374 e. The highest BCUT2D eigenvalue weighted by Crippen LogP contribution is 1.81. The number of carboxylic acid groups (broad SMARTS) is 1. The average Bonchev–Trinajstić information content (AvgIpc) is 2.00. The molecule has 0 heterocycles. The maximum Gasteiger partial charge on any atom is 0.374 e. The predicted octanol–water partition coefficient (Wildman–Crippen LogP) is -1.47. The number of carboxylic acids is 1. The van der Waals surface area contributed by atoms with E-state index in [2.05, 4.69) is 14.7 Å². The summed E-state index contributed by atoms with van der Waals surface area (Å²) in [6.07, 6.45) is 0. The Labute approximate surface area is 67.7 Å². The highest BCUT2D eigenvalue weighted by molar-refractivity contribution is 6.33. The molecule has 0 rings (SSSR count). The van der Waals surface area contributed by atoms with Crippen LogP contribution in [-0.4, -0.2) is 36.6 Å². The summed E-state index contributed by atoms with van der Waals surface area (Å²) in [5.74, 6) is -3.07. The lowest BCUT2D eigenvalue weighted by Gasteiger charge is -1.95. The maximum atomic E-state index is 10.5. The minimum absolute atomic E-state index is 0.309. The highest BCUT2D eigenvalue weighted by atomic mass is 16.7. The predicted molar refractivity (Wildman–Crippen MR) is 37.2 cm³/mol. The standard InChI is InChI=1S/C5H8N2O5/c1-11-2-3(8)12-7-4(6)5(9)10/h2H2,1H3,(H2,6,7)(H,9,10). The minimum atomic E-state index is -1.46. The van der Waals surface area contributed by atoms with Crippen LogP contribution < -0.4 is 5.73 Å². The van der Waals surface area contributed by atoms with E-state index in [1.165, 1.54) is 7.11 Å². The van der Waals surface area contributed by atoms with Gasteiger partial charge in [-0.05, 0) is 0 Å². The van der Waals surface area contributed by atoms with Gasteiger partial charge in [0, 0.05) is 7.11 Å². The third-order valence-corrected chi connectivity index (χ3v) is 0.727. The number of hydrogen-bond acceptors (Lipinski definition) is 5. The van der Waals surface area contributed by atoms with Gasteiger partial charge in [-0.15, -0.1) is 0 Å². The number of carbonyl (C=O) groups is 2. The molecule has 0 aliphatic heterocycles. The fraction of sp³-hybridized carbons (Fsp3) is 0.400. The molecule has 0 saturated heterocycles. The van der Waals surface area contributed by atoms with Gasteiger partial charge in [-0.25, -0.2) is 9.59 Å². The summed E-state index contributed by atoms with van der Waals surface area (Å²) in [6.45, 7) is -0.309. The van der Waals surface area contributed by atoms with Crippen molar-refractivity contribution in [3.63, 3.8) is 0 Å². The quantitative estimate of drug-likeness (QED) is 0.235. The second-order valence-electron chi connectivity index (χ2n) is 1.68. The van der Waals surface area contributed by atoms with Gasteiger partial charge in [0.15, 0.2) is 0 Å². The first-order chi connectivity index (χ1) is 5.57. The van der Waals surface area contributed by atoms with Gasteiger partial charge in [-0.3, -0.25) is 0 Å². The number of nitrogens with zero attached hydrogens (tertiary/aromatic N) is 1. The summed E-state index contributed by atoms with van der Waals surface area (Å²) in [4.78, 5) is 24.5. The van der Waals surface area contributed by atoms with Crippen molar-refractivity contribution in [1.29, 1.82) is 0 Å². The summed E-state index contributed by atoms with van der Waals surface area (Å²) in [6, 6.07) is 0. The van der Waals surface area contributed by atoms with Crippen molar-refractivity contribution < 1.29 is 24.3 Å². The van der Waals surface area contributed by atoms with Crippen LogP contribution in [0.25, 0.3) is 0 Å². The molecular weight excluding hydrogens is 168 g/mol. The number of nitrogens with two attached hydrogens (primary N) is 1. The Balaban J connectivity index is 3.87. The zero-order valence-corrected chi connectivity index (χ0v) is 6.31. The van der Waals surface area contributed by atoms with Crippen LogP contribution >= 0.6 is 0 Å². The third kappa shape index (κ3) is 4.23. The Morgan fingerprint density at radius 3 is 2.58 bits per heavy atom. The van der Waals surface area contributed by atoms with Gasteiger partial charge < -0.3 is 20.4 Å². The topological polar surface area (TPSA) is 111 Å². The van der Waals surface area contributed by atoms with E-state index in [1.807, 2.05) is 0 Å². The highest BCUT2D eigenvalue weighted by Gasteiger charge is 2.06. The fourth-order valence-electron chi connectivity index (χ4n) is 0.283. The van der Waals surface area contributed by atoms with E-state index in [0.29, 0.717) is 0 Å². The number of hydrogen-bond donors (Lipinski definition) is 2. The van der Waals surface area contributed by atoms with Crippen LogP contribution in [0.3, 0.4) is 0 Å². The summed E-state index contributed by atoms with van der Waals surface area (Å²) in [7, 11) is 1.28. The summed E-state index contributed by atoms with van der Waals surface area (Å²) in [5, 5.41) is 11.0. The molecular formula is C5H8N2O5. The largest absolute Gasteiger partial charge is 0.475 e. The number of rotatable bonds is 3. The van der Waals surface area contributed by atoms with Gasteiger partial charge in [0.2, 0.25) is 5.84 Å². The van der Waals surface area contributed by atoms with E-state index in [-0.39, 0.29) is 6.61 Å². The Morgan fingerprint density at radius 1 is 1.58 bits per heavy atom. The molecule has 0 spiro atoms. The molecule has 0 radical (unpaired) electrons. The lowest BCUT2D eigenvalue weighted by atomic mass is 10.6. The number of aliphatic carboxylic acids is 1. The molecule has 0 bridgehead atoms. The molecule has 3 N–H and O–H groups in total. The van der Waals surface area contributed by atoms with Gasteiger partial charge in [-0.1, -0.05) is 5.16 Å². The van der Waals surface area contributed by atoms with Gasteiger partial charge in [0.05, 0.1) is 0 Å². The molecule has 0 atom stereocenters. The zero-order chi connectivity index (χ0) is 9.56. The molecule has 7 nitrogen and oxygen atoms in total. The normalized spacial score (nSPS) is 10.9. The van der Waals surface area contributed by atoms with Gasteiger partial charge in [0.1, 0.15) is 6.61 Å². The van der Waals surface area contributed by atoms with Crippen LogP contribution in [0.5, 0.6) is 0 Å². The molecule has 0 aliphatic carbocycles. The van der Waals surface area contributed by atoms with E-state index in [9.17, 15) is 9.59 Å². The second kappa shape index (κ2) is 5.08. The first-order valence-corrected chi connectivity index (χ1v) is 2.83. The first kappa shape index (κ1) is 10.4. The number of methoxy groups -OCH3 is 1. The van der Waals surface area contributed by atoms with Crippen LogP contribution in [-0.2, 0) is 19.2 Å². The van der Waals surface area contributed by atoms with Crippen molar-refractivity contribution in [2.75, 3.05) is 13.7 Å². The van der Waals surface area contributed by atoms with Crippen LogP contribution in [0.15, 0.2) is 5.16 Å². The van der Waals surface area contributed by atoms with Crippen LogP contribution in [0.1, 0.15) is 0 Å². The monoisotopic (exact) mass is 176 g/mol. The van der Waals surface area contributed by atoms with E-state index in [4.69, 9.17) is 10.8 Å². The maximum absolute atomic E-state index is 10.5. The first-order valence-electron chi connectivity index (χ1n) is 2.83. The fourth-order valence-corrected chi connectivity index (χ4v) is 0.283. The molecule has 0 saturated carbocycles. The minimum Gasteiger partial charge on any atom is -0.475 e. The molecule has 0 fully saturated rings. The molecule has 0 amide bonds. The third-order valence-electron chi connectivity index (χ3n) is 0.727. The van der Waals surface area contributed by atoms with Crippen LogP contribution in [0.4, 0.5) is 0 Å². The molecule has 0 aromatic heterocycles. The van der Waals surface area contributed by atoms with E-state index in [1.54, 1.807) is 0 Å². The van der Waals surface area contributed by atoms with Crippen molar-refractivity contribution in [2.24, 2.45) is 10.9 Å². The average molecular weight is 176 g/mol. The van der Waals surface area contributed by atoms with Crippen LogP contribution in [0.2, 0.25) is 0 Å². The summed E-state index contributed by atoms with van der Waals surface area (Å²) in [5.41, 5.74) is 4.79. The Kier molecular flexibility index (Phi) is 4.39. The van der Waals surface area contributed by atoms with Gasteiger partial charge in [-0.2, -0.15) is 0 Å². The lowest BCUT2D eigenvalue weighted by molar-refractivity contribution is -0.148. The van der Waals surface area contributed by atoms with Crippen molar-refractivity contribution >= 4 is 17.8 Å². The van der Waals surface area contributed by atoms with E-state index < -0.39 is 17.8 Å². The molecule has 0 unspecified atom stereocenters. The Hall–Kier alpha value is -1.63. The number of carbonyl (C=O) groups excluding carboxylic acids is 1. The van der Waals surface area contributed by atoms with Crippen LogP contribution in [0, 0.1) is 0 Å². The van der Waals surface area contributed by atoms with Crippen molar-refractivity contribution in [3.8, 4) is 0 Å². The SMILES string of the molecule is COCC(=O)O/N=C(\N)C(=O)O. The van der Waals surface area contributed by atoms with Crippen molar-refractivity contribution in [3.05, 3.63) is 0 Å². The summed E-state index contributed by atoms with van der Waals surface area (Å²) >= 11 is 0. The van der Waals surface area contributed by atoms with Crippen molar-refractivity contribution in [1.82, 2.24) is 0 Å². The molecule has 0 aliphatic rings. The van der Waals surface area contributed by atoms with Crippen molar-refractivity contribution in [2.45, 2.75) is 0 Å². The molecule has 12 heavy (non-hydrogen) atoms. The summed E-state index contributed by atoms with van der Waals surface area (Å²) < 4.78 is 4.36. The molecule has 0 aromatic carbocycles. The Bertz CT molecular complexity index is 212. The van der Waals surface area contributed by atoms with E-state index >= 15 is 0 Å². The van der Waals surface area contributed by atoms with E-state index in [0.717, 1.165) is 0 Å². The number of ether oxygens (including phenoxy) is 1. The molecule has 7 heteroatoms. The molecule has 0 aromatic rings. The number of oxime groups is 1. The molecule has 68 valence electrons. The number of amidine groups is 1. The van der Waals surface area contributed by atoms with Gasteiger partial charge >= 0.3 is 11.9 Å². The Morgan fingerprint density at radius 2 is 2.17 bits per heavy atom. The van der Waals surface area contributed by atoms with Gasteiger partial charge in [0.25, 0.3) is 0 Å². The second-order valence-corrected chi connectivity index (χ2v) is 1.68.